The Morgan fingerprint density at radius 3 is 2.67 bits per heavy atom. The van der Waals surface area contributed by atoms with Crippen LogP contribution in [-0.4, -0.2) is 34.9 Å². The van der Waals surface area contributed by atoms with E-state index in [0.717, 1.165) is 18.7 Å². The fourth-order valence-electron chi connectivity index (χ4n) is 2.93. The van der Waals surface area contributed by atoms with Crippen molar-refractivity contribution in [2.75, 3.05) is 18.6 Å². The SMILES string of the molecule is CCC1(C)NC(c2ccc(C)cc2C)N(CCSC)C1=O. The molecule has 0 radical (unpaired) electrons. The average Bonchev–Trinajstić information content (AvgIpc) is 2.70. The molecule has 1 saturated heterocycles. The Morgan fingerprint density at radius 2 is 2.10 bits per heavy atom. The van der Waals surface area contributed by atoms with E-state index in [1.54, 1.807) is 11.8 Å². The van der Waals surface area contributed by atoms with E-state index in [1.165, 1.54) is 16.7 Å². The van der Waals surface area contributed by atoms with Crippen LogP contribution < -0.4 is 5.32 Å². The molecule has 116 valence electrons. The van der Waals surface area contributed by atoms with Crippen LogP contribution in [0, 0.1) is 13.8 Å². The molecule has 0 aliphatic carbocycles. The highest BCUT2D eigenvalue weighted by Crippen LogP contribution is 2.34. The lowest BCUT2D eigenvalue weighted by molar-refractivity contribution is -0.132. The second-order valence-electron chi connectivity index (χ2n) is 6.08. The molecular weight excluding hydrogens is 280 g/mol. The zero-order chi connectivity index (χ0) is 15.6. The van der Waals surface area contributed by atoms with E-state index in [-0.39, 0.29) is 12.1 Å². The lowest BCUT2D eigenvalue weighted by Gasteiger charge is -2.25. The van der Waals surface area contributed by atoms with Crippen molar-refractivity contribution >= 4 is 17.7 Å². The standard InChI is InChI=1S/C17H26N2OS/c1-6-17(4)16(20)19(9-10-21-5)15(18-17)14-8-7-12(2)11-13(14)3/h7-8,11,15,18H,6,9-10H2,1-5H3. The molecule has 0 spiro atoms. The Labute approximate surface area is 132 Å². The van der Waals surface area contributed by atoms with E-state index in [0.29, 0.717) is 0 Å². The quantitative estimate of drug-likeness (QED) is 0.906. The molecule has 1 amide bonds. The van der Waals surface area contributed by atoms with Crippen LogP contribution in [0.3, 0.4) is 0 Å². The predicted molar refractivity (Wildman–Crippen MR) is 90.6 cm³/mol. The third-order valence-electron chi connectivity index (χ3n) is 4.46. The van der Waals surface area contributed by atoms with Gasteiger partial charge < -0.3 is 4.90 Å². The smallest absolute Gasteiger partial charge is 0.244 e. The molecule has 1 fully saturated rings. The second kappa shape index (κ2) is 6.41. The van der Waals surface area contributed by atoms with E-state index in [4.69, 9.17) is 0 Å². The number of hydrogen-bond donors (Lipinski definition) is 1. The summed E-state index contributed by atoms with van der Waals surface area (Å²) in [6.45, 7) is 9.11. The summed E-state index contributed by atoms with van der Waals surface area (Å²) in [6.07, 6.45) is 2.89. The van der Waals surface area contributed by atoms with Gasteiger partial charge in [-0.15, -0.1) is 0 Å². The molecular formula is C17H26N2OS. The molecule has 21 heavy (non-hydrogen) atoms. The minimum absolute atomic E-state index is 0.00444. The average molecular weight is 306 g/mol. The third-order valence-corrected chi connectivity index (χ3v) is 5.05. The molecule has 4 heteroatoms. The molecule has 0 aromatic heterocycles. The van der Waals surface area contributed by atoms with Gasteiger partial charge in [-0.05, 0) is 44.6 Å². The molecule has 1 N–H and O–H groups in total. The molecule has 2 rings (SSSR count). The van der Waals surface area contributed by atoms with Gasteiger partial charge in [0.05, 0.1) is 5.54 Å². The minimum atomic E-state index is -0.444. The minimum Gasteiger partial charge on any atom is -0.320 e. The lowest BCUT2D eigenvalue weighted by atomic mass is 9.99. The first-order valence-corrected chi connectivity index (χ1v) is 8.97. The van der Waals surface area contributed by atoms with Gasteiger partial charge in [0.25, 0.3) is 0 Å². The van der Waals surface area contributed by atoms with Crippen LogP contribution in [0.5, 0.6) is 0 Å². The van der Waals surface area contributed by atoms with E-state index in [9.17, 15) is 4.79 Å². The summed E-state index contributed by atoms with van der Waals surface area (Å²) in [7, 11) is 0. The van der Waals surface area contributed by atoms with Crippen molar-refractivity contribution in [2.24, 2.45) is 0 Å². The number of hydrogen-bond acceptors (Lipinski definition) is 3. The molecule has 1 aliphatic heterocycles. The van der Waals surface area contributed by atoms with Crippen molar-refractivity contribution in [1.82, 2.24) is 10.2 Å². The van der Waals surface area contributed by atoms with Gasteiger partial charge in [0.2, 0.25) is 5.91 Å². The van der Waals surface area contributed by atoms with Crippen molar-refractivity contribution in [3.05, 3.63) is 34.9 Å². The van der Waals surface area contributed by atoms with Gasteiger partial charge in [0.1, 0.15) is 6.17 Å². The first-order chi connectivity index (χ1) is 9.92. The predicted octanol–water partition coefficient (Wildman–Crippen LogP) is 3.27. The van der Waals surface area contributed by atoms with Crippen molar-refractivity contribution in [3.8, 4) is 0 Å². The number of nitrogens with one attached hydrogen (secondary N) is 1. The largest absolute Gasteiger partial charge is 0.320 e. The monoisotopic (exact) mass is 306 g/mol. The van der Waals surface area contributed by atoms with Gasteiger partial charge in [-0.25, -0.2) is 0 Å². The van der Waals surface area contributed by atoms with Crippen LogP contribution in [0.15, 0.2) is 18.2 Å². The van der Waals surface area contributed by atoms with Crippen LogP contribution in [0.1, 0.15) is 43.1 Å². The summed E-state index contributed by atoms with van der Waals surface area (Å²) in [4.78, 5) is 14.8. The number of carbonyl (C=O) groups excluding carboxylic acids is 1. The molecule has 3 nitrogen and oxygen atoms in total. The first kappa shape index (κ1) is 16.4. The highest BCUT2D eigenvalue weighted by molar-refractivity contribution is 7.98. The summed E-state index contributed by atoms with van der Waals surface area (Å²) < 4.78 is 0. The van der Waals surface area contributed by atoms with Crippen molar-refractivity contribution < 1.29 is 4.79 Å². The van der Waals surface area contributed by atoms with Gasteiger partial charge in [-0.1, -0.05) is 30.7 Å². The zero-order valence-corrected chi connectivity index (χ0v) is 14.5. The Hall–Kier alpha value is -1.00. The van der Waals surface area contributed by atoms with Crippen LogP contribution >= 0.6 is 11.8 Å². The number of nitrogens with zero attached hydrogens (tertiary/aromatic N) is 1. The van der Waals surface area contributed by atoms with Gasteiger partial charge in [0.15, 0.2) is 0 Å². The summed E-state index contributed by atoms with van der Waals surface area (Å²) in [5, 5.41) is 3.57. The van der Waals surface area contributed by atoms with Gasteiger partial charge in [-0.2, -0.15) is 11.8 Å². The van der Waals surface area contributed by atoms with E-state index in [1.807, 2.05) is 11.8 Å². The van der Waals surface area contributed by atoms with Crippen molar-refractivity contribution in [1.29, 1.82) is 0 Å². The van der Waals surface area contributed by atoms with E-state index in [2.05, 4.69) is 50.5 Å². The number of thioether (sulfide) groups is 1. The second-order valence-corrected chi connectivity index (χ2v) is 7.07. The summed E-state index contributed by atoms with van der Waals surface area (Å²) >= 11 is 1.78. The topological polar surface area (TPSA) is 32.3 Å². The van der Waals surface area contributed by atoms with Crippen LogP contribution in [0.25, 0.3) is 0 Å². The maximum atomic E-state index is 12.8. The number of aryl methyl sites for hydroxylation is 2. The Bertz CT molecular complexity index is 532. The number of benzene rings is 1. The van der Waals surface area contributed by atoms with Crippen LogP contribution in [0.2, 0.25) is 0 Å². The molecule has 2 unspecified atom stereocenters. The molecule has 2 atom stereocenters. The molecule has 1 heterocycles. The fraction of sp³-hybridized carbons (Fsp3) is 0.588. The van der Waals surface area contributed by atoms with Crippen molar-refractivity contribution in [2.45, 2.75) is 45.8 Å². The van der Waals surface area contributed by atoms with Crippen LogP contribution in [0.4, 0.5) is 0 Å². The highest BCUT2D eigenvalue weighted by Gasteiger charge is 2.47. The number of amides is 1. The first-order valence-electron chi connectivity index (χ1n) is 7.58. The Balaban J connectivity index is 2.36. The maximum absolute atomic E-state index is 12.8. The Morgan fingerprint density at radius 1 is 1.38 bits per heavy atom. The van der Waals surface area contributed by atoms with Crippen LogP contribution in [-0.2, 0) is 4.79 Å². The number of carbonyl (C=O) groups is 1. The molecule has 1 aromatic carbocycles. The molecule has 0 bridgehead atoms. The summed E-state index contributed by atoms with van der Waals surface area (Å²) in [5.74, 6) is 1.19. The maximum Gasteiger partial charge on any atom is 0.244 e. The number of rotatable bonds is 5. The third kappa shape index (κ3) is 3.11. The lowest BCUT2D eigenvalue weighted by Crippen LogP contribution is -2.43. The molecule has 1 aromatic rings. The normalized spacial score (nSPS) is 25.7. The summed E-state index contributed by atoms with van der Waals surface area (Å²) in [6, 6.07) is 6.47. The molecule has 0 saturated carbocycles. The summed E-state index contributed by atoms with van der Waals surface area (Å²) in [5.41, 5.74) is 3.27. The van der Waals surface area contributed by atoms with Crippen molar-refractivity contribution in [3.63, 3.8) is 0 Å². The van der Waals surface area contributed by atoms with E-state index >= 15 is 0 Å². The fourth-order valence-corrected chi connectivity index (χ4v) is 3.31. The van der Waals surface area contributed by atoms with Gasteiger partial charge in [-0.3, -0.25) is 10.1 Å². The van der Waals surface area contributed by atoms with E-state index < -0.39 is 5.54 Å². The van der Waals surface area contributed by atoms with Gasteiger partial charge >= 0.3 is 0 Å². The zero-order valence-electron chi connectivity index (χ0n) is 13.7. The van der Waals surface area contributed by atoms with Gasteiger partial charge in [0, 0.05) is 12.3 Å². The Kier molecular flexibility index (Phi) is 4.99. The molecule has 1 aliphatic rings. The highest BCUT2D eigenvalue weighted by atomic mass is 32.2.